The average molecular weight is 609 g/mol. The Morgan fingerprint density at radius 3 is 2.26 bits per heavy atom. The summed E-state index contributed by atoms with van der Waals surface area (Å²) < 4.78 is 28.1. The highest BCUT2D eigenvalue weighted by atomic mass is 16.7. The van der Waals surface area contributed by atoms with Gasteiger partial charge in [-0.2, -0.15) is 0 Å². The van der Waals surface area contributed by atoms with E-state index < -0.39 is 74.0 Å². The number of rotatable bonds is 12. The van der Waals surface area contributed by atoms with Crippen LogP contribution in [0.1, 0.15) is 46.1 Å². The van der Waals surface area contributed by atoms with Gasteiger partial charge >= 0.3 is 5.97 Å². The van der Waals surface area contributed by atoms with Crippen molar-refractivity contribution in [1.29, 1.82) is 0 Å². The molecule has 0 spiro atoms. The topological polar surface area (TPSA) is 185 Å². The molecule has 3 rings (SSSR count). The van der Waals surface area contributed by atoms with Crippen molar-refractivity contribution < 1.29 is 59.1 Å². The van der Waals surface area contributed by atoms with Crippen molar-refractivity contribution in [3.05, 3.63) is 59.2 Å². The molecular formula is C31H44O12. The van der Waals surface area contributed by atoms with Crippen LogP contribution in [0.25, 0.3) is 6.08 Å². The molecule has 1 aromatic carbocycles. The van der Waals surface area contributed by atoms with E-state index in [1.807, 2.05) is 26.8 Å². The Morgan fingerprint density at radius 2 is 1.58 bits per heavy atom. The number of aliphatic hydroxyl groups excluding tert-OH is 5. The van der Waals surface area contributed by atoms with Crippen molar-refractivity contribution in [3.8, 4) is 5.75 Å². The summed E-state index contributed by atoms with van der Waals surface area (Å²) in [6, 6.07) is 6.15. The Balaban J connectivity index is 1.69. The third-order valence-corrected chi connectivity index (χ3v) is 7.22. The molecule has 0 saturated carbocycles. The Labute approximate surface area is 251 Å². The van der Waals surface area contributed by atoms with Crippen LogP contribution in [0.4, 0.5) is 0 Å². The highest BCUT2D eigenvalue weighted by Crippen LogP contribution is 2.30. The van der Waals surface area contributed by atoms with E-state index in [1.165, 1.54) is 36.8 Å². The number of phenolic OH excluding ortho intramolecular Hbond substituents is 1. The highest BCUT2D eigenvalue weighted by molar-refractivity contribution is 5.87. The minimum atomic E-state index is -1.68. The lowest BCUT2D eigenvalue weighted by Crippen LogP contribution is -2.64. The first-order valence-electron chi connectivity index (χ1n) is 14.3. The molecule has 2 aliphatic rings. The number of carbonyl (C=O) groups is 1. The molecule has 2 saturated heterocycles. The number of benzene rings is 1. The van der Waals surface area contributed by atoms with Gasteiger partial charge in [-0.1, -0.05) is 35.4 Å². The third-order valence-electron chi connectivity index (χ3n) is 7.22. The second-order valence-electron chi connectivity index (χ2n) is 11.1. The average Bonchev–Trinajstić information content (AvgIpc) is 2.96. The smallest absolute Gasteiger partial charge is 0.330 e. The highest BCUT2D eigenvalue weighted by Gasteiger charge is 2.50. The number of aliphatic hydroxyl groups is 5. The van der Waals surface area contributed by atoms with Gasteiger partial charge in [0, 0.05) is 6.08 Å². The van der Waals surface area contributed by atoms with E-state index in [4.69, 9.17) is 23.7 Å². The fraction of sp³-hybridized carbons (Fsp3) is 0.581. The maximum Gasteiger partial charge on any atom is 0.330 e. The molecule has 12 heteroatoms. The van der Waals surface area contributed by atoms with Crippen LogP contribution in [0.3, 0.4) is 0 Å². The van der Waals surface area contributed by atoms with Crippen LogP contribution in [0.5, 0.6) is 5.75 Å². The van der Waals surface area contributed by atoms with Crippen LogP contribution < -0.4 is 0 Å². The summed E-state index contributed by atoms with van der Waals surface area (Å²) >= 11 is 0. The Hall–Kier alpha value is -2.65. The number of phenols is 1. The van der Waals surface area contributed by atoms with Crippen molar-refractivity contribution in [1.82, 2.24) is 0 Å². The van der Waals surface area contributed by atoms with Gasteiger partial charge in [0.25, 0.3) is 0 Å². The van der Waals surface area contributed by atoms with Gasteiger partial charge in [0.05, 0.1) is 12.7 Å². The van der Waals surface area contributed by atoms with Crippen LogP contribution in [-0.2, 0) is 28.5 Å². The van der Waals surface area contributed by atoms with Gasteiger partial charge in [-0.05, 0) is 64.3 Å². The summed E-state index contributed by atoms with van der Waals surface area (Å²) in [5.41, 5.74) is 2.92. The summed E-state index contributed by atoms with van der Waals surface area (Å²) in [7, 11) is 0. The van der Waals surface area contributed by atoms with E-state index >= 15 is 0 Å². The second kappa shape index (κ2) is 16.4. The van der Waals surface area contributed by atoms with Gasteiger partial charge in [0.1, 0.15) is 55.1 Å². The zero-order valence-corrected chi connectivity index (χ0v) is 24.9. The van der Waals surface area contributed by atoms with Gasteiger partial charge < -0.3 is 54.3 Å². The fourth-order valence-corrected chi connectivity index (χ4v) is 4.56. The molecule has 2 fully saturated rings. The first kappa shape index (κ1) is 34.8. The minimum Gasteiger partial charge on any atom is -0.508 e. The van der Waals surface area contributed by atoms with Crippen molar-refractivity contribution in [2.45, 2.75) is 102 Å². The zero-order valence-electron chi connectivity index (χ0n) is 24.9. The largest absolute Gasteiger partial charge is 0.508 e. The number of esters is 1. The molecule has 240 valence electrons. The van der Waals surface area contributed by atoms with Crippen LogP contribution in [0.15, 0.2) is 53.6 Å². The maximum absolute atomic E-state index is 12.4. The van der Waals surface area contributed by atoms with Gasteiger partial charge in [0.15, 0.2) is 12.6 Å². The lowest BCUT2D eigenvalue weighted by Gasteiger charge is -2.45. The van der Waals surface area contributed by atoms with Gasteiger partial charge in [0.2, 0.25) is 0 Å². The normalized spacial score (nSPS) is 33.4. The molecule has 2 heterocycles. The lowest BCUT2D eigenvalue weighted by atomic mass is 9.97. The summed E-state index contributed by atoms with van der Waals surface area (Å²) in [6.07, 6.45) is -5.88. The SMILES string of the molecule is CC(C)=CCCC(C)=CCO[C@H]1O[C@@H](COC(=O)C=Cc2ccc(O)cc2)[C@@H](O)[C@H](O[C@H]2O[C@H](C)[C@H](O)[C@H](O)[C@H]2O)[C@@H]1O. The molecule has 6 N–H and O–H groups in total. The Morgan fingerprint density at radius 1 is 0.884 bits per heavy atom. The molecule has 0 aromatic heterocycles. The molecule has 0 unspecified atom stereocenters. The number of hydrogen-bond acceptors (Lipinski definition) is 12. The minimum absolute atomic E-state index is 0.0670. The van der Waals surface area contributed by atoms with Crippen molar-refractivity contribution in [2.75, 3.05) is 13.2 Å². The standard InChI is InChI=1S/C31H44O12/c1-17(2)6-5-7-18(3)14-15-39-30-28(38)29(43-31-27(37)26(36)24(34)19(4)41-31)25(35)22(42-30)16-40-23(33)13-10-20-8-11-21(32)12-9-20/h6,8-14,19,22,24-32,34-38H,5,7,15-16H2,1-4H3/t19-,22+,24+,25-,26+,27-,28+,29+,30+,31-/m1/s1. The van der Waals surface area contributed by atoms with Crippen LogP contribution in [0, 0.1) is 0 Å². The third kappa shape index (κ3) is 10.2. The van der Waals surface area contributed by atoms with Crippen molar-refractivity contribution in [2.24, 2.45) is 0 Å². The van der Waals surface area contributed by atoms with Gasteiger partial charge in [-0.3, -0.25) is 0 Å². The number of carbonyl (C=O) groups excluding carboxylic acids is 1. The Bertz CT molecular complexity index is 1110. The van der Waals surface area contributed by atoms with E-state index in [9.17, 15) is 35.4 Å². The molecule has 0 amide bonds. The molecule has 0 radical (unpaired) electrons. The number of ether oxygens (including phenoxy) is 5. The van der Waals surface area contributed by atoms with Crippen LogP contribution in [0.2, 0.25) is 0 Å². The van der Waals surface area contributed by atoms with E-state index in [2.05, 4.69) is 6.08 Å². The van der Waals surface area contributed by atoms with Crippen molar-refractivity contribution in [3.63, 3.8) is 0 Å². The maximum atomic E-state index is 12.4. The molecule has 10 atom stereocenters. The van der Waals surface area contributed by atoms with E-state index in [0.717, 1.165) is 18.4 Å². The predicted molar refractivity (Wildman–Crippen MR) is 154 cm³/mol. The summed E-state index contributed by atoms with van der Waals surface area (Å²) in [5, 5.41) is 62.1. The lowest BCUT2D eigenvalue weighted by molar-refractivity contribution is -0.356. The van der Waals surface area contributed by atoms with E-state index in [0.29, 0.717) is 5.56 Å². The fourth-order valence-electron chi connectivity index (χ4n) is 4.56. The number of allylic oxidation sites excluding steroid dienone is 3. The molecule has 12 nitrogen and oxygen atoms in total. The summed E-state index contributed by atoms with van der Waals surface area (Å²) in [4.78, 5) is 12.4. The number of hydrogen-bond donors (Lipinski definition) is 6. The predicted octanol–water partition coefficient (Wildman–Crippen LogP) is 1.32. The van der Waals surface area contributed by atoms with Crippen LogP contribution in [-0.4, -0.2) is 111 Å². The van der Waals surface area contributed by atoms with E-state index in [1.54, 1.807) is 12.1 Å². The molecule has 43 heavy (non-hydrogen) atoms. The first-order chi connectivity index (χ1) is 20.4. The monoisotopic (exact) mass is 608 g/mol. The van der Waals surface area contributed by atoms with Crippen LogP contribution >= 0.6 is 0 Å². The summed E-state index contributed by atoms with van der Waals surface area (Å²) in [5.74, 6) is -0.656. The molecule has 1 aromatic rings. The zero-order chi connectivity index (χ0) is 31.7. The molecule has 0 aliphatic carbocycles. The van der Waals surface area contributed by atoms with Gasteiger partial charge in [-0.15, -0.1) is 0 Å². The quantitative estimate of drug-likeness (QED) is 0.114. The van der Waals surface area contributed by atoms with Gasteiger partial charge in [-0.25, -0.2) is 4.79 Å². The first-order valence-corrected chi connectivity index (χ1v) is 14.3. The second-order valence-corrected chi connectivity index (χ2v) is 11.1. The summed E-state index contributed by atoms with van der Waals surface area (Å²) in [6.45, 7) is 7.11. The van der Waals surface area contributed by atoms with Crippen molar-refractivity contribution >= 4 is 12.0 Å². The molecule has 0 bridgehead atoms. The number of aromatic hydroxyl groups is 1. The Kier molecular flexibility index (Phi) is 13.3. The van der Waals surface area contributed by atoms with E-state index in [-0.39, 0.29) is 12.4 Å². The molecule has 2 aliphatic heterocycles. The molecular weight excluding hydrogens is 564 g/mol.